The first-order chi connectivity index (χ1) is 15.3. The van der Waals surface area contributed by atoms with E-state index in [-0.39, 0.29) is 23.5 Å². The van der Waals surface area contributed by atoms with Gasteiger partial charge in [0, 0.05) is 18.2 Å². The Morgan fingerprint density at radius 3 is 2.59 bits per heavy atom. The first-order valence-electron chi connectivity index (χ1n) is 10.9. The second-order valence-electron chi connectivity index (χ2n) is 8.69. The lowest BCUT2D eigenvalue weighted by Crippen LogP contribution is -2.23. The molecule has 168 valence electrons. The fraction of sp³-hybridized carbons (Fsp3) is 0.435. The minimum Gasteiger partial charge on any atom is -0.497 e. The third-order valence-corrected chi connectivity index (χ3v) is 8.01. The van der Waals surface area contributed by atoms with Crippen LogP contribution >= 0.6 is 0 Å². The van der Waals surface area contributed by atoms with E-state index >= 15 is 0 Å². The number of aryl methyl sites for hydroxylation is 1. The van der Waals surface area contributed by atoms with Crippen molar-refractivity contribution in [1.82, 2.24) is 20.1 Å². The molecule has 1 atom stereocenters. The summed E-state index contributed by atoms with van der Waals surface area (Å²) >= 11 is 0. The molecule has 2 aliphatic rings. The SMILES string of the molecule is COc1ccc(CNC(=O)c2cc(C3CC3)nc3c2c(C)nn3[C@@H]2CCS(=O)(=O)C2)cc1. The molecule has 5 rings (SSSR count). The van der Waals surface area contributed by atoms with Crippen molar-refractivity contribution in [3.63, 3.8) is 0 Å². The molecule has 1 aliphatic carbocycles. The van der Waals surface area contributed by atoms with Gasteiger partial charge in [0.1, 0.15) is 5.75 Å². The molecule has 3 aromatic rings. The Kier molecular flexibility index (Phi) is 5.16. The largest absolute Gasteiger partial charge is 0.497 e. The molecule has 2 aromatic heterocycles. The maximum absolute atomic E-state index is 13.2. The first-order valence-corrected chi connectivity index (χ1v) is 12.7. The number of ether oxygens (including phenoxy) is 1. The molecule has 0 spiro atoms. The average Bonchev–Trinajstić information content (AvgIpc) is 3.50. The van der Waals surface area contributed by atoms with Crippen molar-refractivity contribution in [2.45, 2.75) is 44.7 Å². The van der Waals surface area contributed by atoms with Gasteiger partial charge in [0.05, 0.1) is 41.3 Å². The van der Waals surface area contributed by atoms with Crippen molar-refractivity contribution in [1.29, 1.82) is 0 Å². The number of benzene rings is 1. The van der Waals surface area contributed by atoms with Crippen LogP contribution in [0.15, 0.2) is 30.3 Å². The number of amides is 1. The Morgan fingerprint density at radius 2 is 1.97 bits per heavy atom. The van der Waals surface area contributed by atoms with Crippen LogP contribution in [0.5, 0.6) is 5.75 Å². The number of methoxy groups -OCH3 is 1. The van der Waals surface area contributed by atoms with Crippen LogP contribution in [-0.2, 0) is 16.4 Å². The minimum atomic E-state index is -3.06. The molecule has 0 bridgehead atoms. The van der Waals surface area contributed by atoms with Crippen molar-refractivity contribution in [3.05, 3.63) is 52.8 Å². The first kappa shape index (κ1) is 20.9. The van der Waals surface area contributed by atoms with Crippen LogP contribution in [0.1, 0.15) is 58.5 Å². The zero-order chi connectivity index (χ0) is 22.5. The molecule has 2 fully saturated rings. The van der Waals surface area contributed by atoms with Gasteiger partial charge >= 0.3 is 0 Å². The fourth-order valence-electron chi connectivity index (χ4n) is 4.34. The maximum Gasteiger partial charge on any atom is 0.252 e. The molecule has 1 N–H and O–H groups in total. The monoisotopic (exact) mass is 454 g/mol. The van der Waals surface area contributed by atoms with Crippen LogP contribution in [0.3, 0.4) is 0 Å². The van der Waals surface area contributed by atoms with Gasteiger partial charge in [-0.2, -0.15) is 5.10 Å². The standard InChI is InChI=1S/C23H26N4O4S/c1-14-21-19(23(28)24-12-15-3-7-18(31-2)8-4-15)11-20(16-5-6-16)25-22(21)27(26-14)17-9-10-32(29,30)13-17/h3-4,7-8,11,16-17H,5-6,9-10,12-13H2,1-2H3,(H,24,28)/t17-/m1/s1. The number of aromatic nitrogens is 3. The molecular weight excluding hydrogens is 428 g/mol. The molecule has 32 heavy (non-hydrogen) atoms. The van der Waals surface area contributed by atoms with E-state index in [0.717, 1.165) is 29.8 Å². The Labute approximate surface area is 186 Å². The number of sulfone groups is 1. The average molecular weight is 455 g/mol. The van der Waals surface area contributed by atoms with E-state index in [0.29, 0.717) is 41.2 Å². The second-order valence-corrected chi connectivity index (χ2v) is 10.9. The summed E-state index contributed by atoms with van der Waals surface area (Å²) in [6.45, 7) is 2.24. The summed E-state index contributed by atoms with van der Waals surface area (Å²) in [7, 11) is -1.45. The van der Waals surface area contributed by atoms with Gasteiger partial charge in [0.25, 0.3) is 5.91 Å². The molecule has 1 saturated carbocycles. The summed E-state index contributed by atoms with van der Waals surface area (Å²) in [5.41, 5.74) is 3.71. The topological polar surface area (TPSA) is 103 Å². The van der Waals surface area contributed by atoms with Crippen LogP contribution < -0.4 is 10.1 Å². The predicted molar refractivity (Wildman–Crippen MR) is 121 cm³/mol. The number of pyridine rings is 1. The number of nitrogens with zero attached hydrogens (tertiary/aromatic N) is 3. The van der Waals surface area contributed by atoms with Crippen LogP contribution in [0.25, 0.3) is 11.0 Å². The van der Waals surface area contributed by atoms with Gasteiger partial charge in [-0.3, -0.25) is 4.79 Å². The van der Waals surface area contributed by atoms with E-state index < -0.39 is 9.84 Å². The Bertz CT molecular complexity index is 1290. The highest BCUT2D eigenvalue weighted by Gasteiger charge is 2.34. The van der Waals surface area contributed by atoms with Crippen LogP contribution in [0.4, 0.5) is 0 Å². The summed E-state index contributed by atoms with van der Waals surface area (Å²) in [6, 6.07) is 9.20. The lowest BCUT2D eigenvalue weighted by atomic mass is 10.1. The predicted octanol–water partition coefficient (Wildman–Crippen LogP) is 2.92. The van der Waals surface area contributed by atoms with Crippen LogP contribution in [0, 0.1) is 6.92 Å². The van der Waals surface area contributed by atoms with Gasteiger partial charge in [-0.1, -0.05) is 12.1 Å². The van der Waals surface area contributed by atoms with Gasteiger partial charge in [0.15, 0.2) is 15.5 Å². The van der Waals surface area contributed by atoms with E-state index in [1.165, 1.54) is 0 Å². The third-order valence-electron chi connectivity index (χ3n) is 6.26. The summed E-state index contributed by atoms with van der Waals surface area (Å²) in [5.74, 6) is 1.16. The zero-order valence-corrected chi connectivity index (χ0v) is 19.0. The van der Waals surface area contributed by atoms with Crippen LogP contribution in [-0.4, -0.2) is 47.7 Å². The number of carbonyl (C=O) groups excluding carboxylic acids is 1. The highest BCUT2D eigenvalue weighted by molar-refractivity contribution is 7.91. The zero-order valence-electron chi connectivity index (χ0n) is 18.2. The molecule has 8 nitrogen and oxygen atoms in total. The molecule has 1 saturated heterocycles. The fourth-order valence-corrected chi connectivity index (χ4v) is 6.04. The molecule has 3 heterocycles. The van der Waals surface area contributed by atoms with Crippen molar-refractivity contribution < 1.29 is 17.9 Å². The number of hydrogen-bond donors (Lipinski definition) is 1. The highest BCUT2D eigenvalue weighted by atomic mass is 32.2. The Morgan fingerprint density at radius 1 is 1.22 bits per heavy atom. The quantitative estimate of drug-likeness (QED) is 0.614. The van der Waals surface area contributed by atoms with Gasteiger partial charge in [-0.05, 0) is 49.9 Å². The van der Waals surface area contributed by atoms with Crippen molar-refractivity contribution in [2.75, 3.05) is 18.6 Å². The van der Waals surface area contributed by atoms with Gasteiger partial charge in [-0.15, -0.1) is 0 Å². The number of hydrogen-bond acceptors (Lipinski definition) is 6. The summed E-state index contributed by atoms with van der Waals surface area (Å²) in [5, 5.41) is 8.34. The normalized spacial score (nSPS) is 19.9. The van der Waals surface area contributed by atoms with E-state index in [1.807, 2.05) is 37.3 Å². The molecule has 1 aromatic carbocycles. The molecule has 1 aliphatic heterocycles. The van der Waals surface area contributed by atoms with Gasteiger partial charge < -0.3 is 10.1 Å². The van der Waals surface area contributed by atoms with Crippen LogP contribution in [0.2, 0.25) is 0 Å². The van der Waals surface area contributed by atoms with E-state index in [4.69, 9.17) is 9.72 Å². The summed E-state index contributed by atoms with van der Waals surface area (Å²) in [4.78, 5) is 18.1. The lowest BCUT2D eigenvalue weighted by molar-refractivity contribution is 0.0952. The lowest BCUT2D eigenvalue weighted by Gasteiger charge is -2.12. The minimum absolute atomic E-state index is 0.0670. The maximum atomic E-state index is 13.2. The second kappa shape index (κ2) is 7.88. The number of carbonyl (C=O) groups is 1. The number of rotatable bonds is 6. The van der Waals surface area contributed by atoms with Crippen molar-refractivity contribution in [3.8, 4) is 5.75 Å². The Hall–Kier alpha value is -2.94. The molecular formula is C23H26N4O4S. The van der Waals surface area contributed by atoms with Crippen molar-refractivity contribution >= 4 is 26.8 Å². The number of nitrogens with one attached hydrogen (secondary N) is 1. The molecule has 1 amide bonds. The van der Waals surface area contributed by atoms with Crippen molar-refractivity contribution in [2.24, 2.45) is 0 Å². The summed E-state index contributed by atoms with van der Waals surface area (Å²) < 4.78 is 31.0. The van der Waals surface area contributed by atoms with Gasteiger partial charge in [-0.25, -0.2) is 18.1 Å². The molecule has 9 heteroatoms. The molecule has 0 radical (unpaired) electrons. The third kappa shape index (κ3) is 3.97. The summed E-state index contributed by atoms with van der Waals surface area (Å²) in [6.07, 6.45) is 2.62. The van der Waals surface area contributed by atoms with Gasteiger partial charge in [0.2, 0.25) is 0 Å². The van der Waals surface area contributed by atoms with E-state index in [9.17, 15) is 13.2 Å². The Balaban J connectivity index is 1.49. The van der Waals surface area contributed by atoms with E-state index in [2.05, 4.69) is 10.4 Å². The van der Waals surface area contributed by atoms with E-state index in [1.54, 1.807) is 11.8 Å². The highest BCUT2D eigenvalue weighted by Crippen LogP contribution is 2.41. The molecule has 0 unspecified atom stereocenters. The number of fused-ring (bicyclic) bond motifs is 1. The smallest absolute Gasteiger partial charge is 0.252 e.